The van der Waals surface area contributed by atoms with Gasteiger partial charge < -0.3 is 0 Å². The minimum Gasteiger partial charge on any atom is -0.270 e. The van der Waals surface area contributed by atoms with E-state index < -0.39 is 14.4 Å². The Balaban J connectivity index is 4.92. The summed E-state index contributed by atoms with van der Waals surface area (Å²) in [5, 5.41) is 0. The van der Waals surface area contributed by atoms with E-state index in [-0.39, 0.29) is 0 Å². The molecule has 0 saturated carbocycles. The van der Waals surface area contributed by atoms with Gasteiger partial charge in [-0.05, 0) is 28.2 Å². The molecule has 4 nitrogen and oxygen atoms in total. The highest BCUT2D eigenvalue weighted by Crippen LogP contribution is 2.66. The van der Waals surface area contributed by atoms with E-state index in [0.717, 1.165) is 0 Å². The fraction of sp³-hybridized carbons (Fsp3) is 1.00. The summed E-state index contributed by atoms with van der Waals surface area (Å²) in [6, 6.07) is 0. The molecular weight excluding hydrogens is 251 g/mol. The second kappa shape index (κ2) is 5.27. The maximum Gasteiger partial charge on any atom is 0.290 e. The molecule has 0 spiro atoms. The van der Waals surface area contributed by atoms with Crippen molar-refractivity contribution >= 4 is 36.9 Å². The van der Waals surface area contributed by atoms with Crippen LogP contribution in [0.15, 0.2) is 0 Å². The zero-order valence-electron chi connectivity index (χ0n) is 8.40. The molecule has 0 saturated heterocycles. The van der Waals surface area contributed by atoms with E-state index in [1.807, 2.05) is 0 Å². The summed E-state index contributed by atoms with van der Waals surface area (Å²) in [6.07, 6.45) is 0. The molecule has 0 amide bonds. The Morgan fingerprint density at radius 2 is 1.31 bits per heavy atom. The van der Waals surface area contributed by atoms with Gasteiger partial charge >= 0.3 is 0 Å². The van der Waals surface area contributed by atoms with Crippen LogP contribution >= 0.6 is 36.9 Å². The first-order valence-corrected chi connectivity index (χ1v) is 8.23. The summed E-state index contributed by atoms with van der Waals surface area (Å²) in [5.74, 6) is 0. The van der Waals surface area contributed by atoms with E-state index in [2.05, 4.69) is 0 Å². The minimum absolute atomic E-state index is 1.38. The smallest absolute Gasteiger partial charge is 0.270 e. The zero-order chi connectivity index (χ0) is 10.8. The normalized spacial score (nSPS) is 13.8. The largest absolute Gasteiger partial charge is 0.290 e. The van der Waals surface area contributed by atoms with Crippen LogP contribution < -0.4 is 0 Å². The van der Waals surface area contributed by atoms with E-state index >= 15 is 0 Å². The van der Waals surface area contributed by atoms with E-state index in [1.165, 1.54) is 4.44 Å². The minimum atomic E-state index is -2.75. The Morgan fingerprint density at radius 1 is 1.00 bits per heavy atom. The maximum absolute atomic E-state index is 12.4. The number of hydrogen-bond acceptors (Lipinski definition) is 1. The van der Waals surface area contributed by atoms with Gasteiger partial charge in [-0.3, -0.25) is 4.57 Å². The molecule has 0 aliphatic carbocycles. The van der Waals surface area contributed by atoms with Gasteiger partial charge in [-0.25, -0.2) is 9.34 Å². The SMILES string of the molecule is CN(C)P(=O)(N(C)C)N(C)P(Cl)Cl. The summed E-state index contributed by atoms with van der Waals surface area (Å²) >= 11 is 11.5. The number of nitrogens with zero attached hydrogens (tertiary/aromatic N) is 3. The quantitative estimate of drug-likeness (QED) is 0.731. The first-order chi connectivity index (χ1) is 5.74. The highest BCUT2D eigenvalue weighted by molar-refractivity contribution is 8.05. The third kappa shape index (κ3) is 3.04. The fourth-order valence-corrected chi connectivity index (χ4v) is 5.96. The maximum atomic E-state index is 12.4. The van der Waals surface area contributed by atoms with Crippen molar-refractivity contribution in [1.82, 2.24) is 13.8 Å². The van der Waals surface area contributed by atoms with E-state index in [0.29, 0.717) is 0 Å². The van der Waals surface area contributed by atoms with Crippen LogP contribution in [-0.4, -0.2) is 49.0 Å². The van der Waals surface area contributed by atoms with E-state index in [9.17, 15) is 4.57 Å². The molecule has 0 aromatic carbocycles. The van der Waals surface area contributed by atoms with Gasteiger partial charge in [0.25, 0.3) is 7.59 Å². The molecule has 0 heterocycles. The molecule has 0 unspecified atom stereocenters. The third-order valence-electron chi connectivity index (χ3n) is 1.64. The van der Waals surface area contributed by atoms with Crippen molar-refractivity contribution in [2.45, 2.75) is 0 Å². The molecular formula is C5H15Cl2N3OP2. The Morgan fingerprint density at radius 3 is 1.38 bits per heavy atom. The van der Waals surface area contributed by atoms with Crippen molar-refractivity contribution in [3.05, 3.63) is 0 Å². The van der Waals surface area contributed by atoms with Crippen molar-refractivity contribution < 1.29 is 4.57 Å². The summed E-state index contributed by atoms with van der Waals surface area (Å²) in [6.45, 7) is -1.38. The van der Waals surface area contributed by atoms with Crippen LogP contribution in [0.3, 0.4) is 0 Å². The lowest BCUT2D eigenvalue weighted by molar-refractivity contribution is 0.413. The van der Waals surface area contributed by atoms with Gasteiger partial charge in [0.2, 0.25) is 0 Å². The lowest BCUT2D eigenvalue weighted by Crippen LogP contribution is -2.28. The molecule has 0 aromatic heterocycles. The highest BCUT2D eigenvalue weighted by atomic mass is 35.9. The molecule has 0 aliphatic rings. The molecule has 80 valence electrons. The van der Waals surface area contributed by atoms with Crippen molar-refractivity contribution in [1.29, 1.82) is 0 Å². The monoisotopic (exact) mass is 265 g/mol. The Hall–Kier alpha value is 1.12. The molecule has 0 rings (SSSR count). The molecule has 0 radical (unpaired) electrons. The summed E-state index contributed by atoms with van der Waals surface area (Å²) in [5.41, 5.74) is 0. The molecule has 0 aliphatic heterocycles. The van der Waals surface area contributed by atoms with Gasteiger partial charge in [0.05, 0.1) is 0 Å². The highest BCUT2D eigenvalue weighted by Gasteiger charge is 2.36. The molecule has 8 heteroatoms. The van der Waals surface area contributed by atoms with Gasteiger partial charge in [0.15, 0.2) is 6.78 Å². The van der Waals surface area contributed by atoms with Crippen LogP contribution in [0.4, 0.5) is 0 Å². The number of rotatable bonds is 4. The Bertz CT molecular complexity index is 200. The van der Waals surface area contributed by atoms with Crippen molar-refractivity contribution in [2.75, 3.05) is 35.2 Å². The van der Waals surface area contributed by atoms with Gasteiger partial charge in [0, 0.05) is 7.05 Å². The van der Waals surface area contributed by atoms with Crippen molar-refractivity contribution in [3.8, 4) is 0 Å². The van der Waals surface area contributed by atoms with E-state index in [4.69, 9.17) is 22.5 Å². The van der Waals surface area contributed by atoms with Gasteiger partial charge in [0.1, 0.15) is 0 Å². The van der Waals surface area contributed by atoms with Crippen molar-refractivity contribution in [3.63, 3.8) is 0 Å². The van der Waals surface area contributed by atoms with E-state index in [1.54, 1.807) is 44.6 Å². The summed E-state index contributed by atoms with van der Waals surface area (Å²) < 4.78 is 17.1. The van der Waals surface area contributed by atoms with Gasteiger partial charge in [-0.2, -0.15) is 4.44 Å². The lowest BCUT2D eigenvalue weighted by Gasteiger charge is -2.37. The Kier molecular flexibility index (Phi) is 5.73. The van der Waals surface area contributed by atoms with Gasteiger partial charge in [-0.1, -0.05) is 22.5 Å². The molecule has 0 bridgehead atoms. The Labute approximate surface area is 90.7 Å². The van der Waals surface area contributed by atoms with Gasteiger partial charge in [-0.15, -0.1) is 0 Å². The van der Waals surface area contributed by atoms with Crippen LogP contribution in [0.1, 0.15) is 0 Å². The zero-order valence-corrected chi connectivity index (χ0v) is 11.7. The topological polar surface area (TPSA) is 26.8 Å². The average molecular weight is 266 g/mol. The molecule has 13 heavy (non-hydrogen) atoms. The molecule has 0 N–H and O–H groups in total. The third-order valence-corrected chi connectivity index (χ3v) is 8.14. The van der Waals surface area contributed by atoms with Crippen LogP contribution in [0.2, 0.25) is 0 Å². The van der Waals surface area contributed by atoms with Crippen molar-refractivity contribution in [2.24, 2.45) is 0 Å². The number of halogens is 2. The lowest BCUT2D eigenvalue weighted by atomic mass is 11.3. The van der Waals surface area contributed by atoms with Crippen LogP contribution in [0.25, 0.3) is 0 Å². The predicted molar refractivity (Wildman–Crippen MR) is 61.4 cm³/mol. The second-order valence-corrected chi connectivity index (χ2v) is 9.92. The van der Waals surface area contributed by atoms with Crippen LogP contribution in [-0.2, 0) is 4.57 Å². The summed E-state index contributed by atoms with van der Waals surface area (Å²) in [7, 11) is 5.87. The fourth-order valence-electron chi connectivity index (χ4n) is 0.964. The van der Waals surface area contributed by atoms with Crippen LogP contribution in [0, 0.1) is 0 Å². The predicted octanol–water partition coefficient (Wildman–Crippen LogP) is 2.85. The first-order valence-electron chi connectivity index (χ1n) is 3.56. The first kappa shape index (κ1) is 14.1. The molecule has 0 atom stereocenters. The second-order valence-electron chi connectivity index (χ2n) is 2.91. The number of hydrogen-bond donors (Lipinski definition) is 0. The molecule has 0 fully saturated rings. The molecule has 0 aromatic rings. The summed E-state index contributed by atoms with van der Waals surface area (Å²) in [4.78, 5) is 0. The van der Waals surface area contributed by atoms with Crippen LogP contribution in [0.5, 0.6) is 0 Å². The average Bonchev–Trinajstić information content (AvgIpc) is 2.00. The standard InChI is InChI=1S/C5H15Cl2N3OP2/c1-8(2)13(11,9(3)4)10(5)12(6)7/h1-5H3.